The van der Waals surface area contributed by atoms with Gasteiger partial charge in [0, 0.05) is 22.7 Å². The van der Waals surface area contributed by atoms with E-state index in [1.54, 1.807) is 31.2 Å². The maximum absolute atomic E-state index is 13.2. The lowest BCUT2D eigenvalue weighted by atomic mass is 10.0. The summed E-state index contributed by atoms with van der Waals surface area (Å²) in [6, 6.07) is 15.8. The first-order chi connectivity index (χ1) is 18.0. The number of hydrogen-bond acceptors (Lipinski definition) is 8. The molecule has 0 bridgehead atoms. The number of amidine groups is 1. The second-order valence-electron chi connectivity index (χ2n) is 7.75. The second kappa shape index (κ2) is 10.3. The van der Waals surface area contributed by atoms with E-state index in [4.69, 9.17) is 34.8 Å². The van der Waals surface area contributed by atoms with Crippen LogP contribution in [-0.4, -0.2) is 19.2 Å². The molecule has 0 aromatic heterocycles. The van der Waals surface area contributed by atoms with E-state index in [2.05, 4.69) is 9.71 Å². The van der Waals surface area contributed by atoms with Crippen LogP contribution in [0.1, 0.15) is 12.5 Å². The number of anilines is 2. The van der Waals surface area contributed by atoms with Crippen LogP contribution in [0.3, 0.4) is 0 Å². The molecule has 10 nitrogen and oxygen atoms in total. The fourth-order valence-corrected chi connectivity index (χ4v) is 5.67. The Labute approximate surface area is 231 Å². The summed E-state index contributed by atoms with van der Waals surface area (Å²) >= 11 is 18.7. The molecule has 0 amide bonds. The summed E-state index contributed by atoms with van der Waals surface area (Å²) in [4.78, 5) is 16.1. The smallest absolute Gasteiger partial charge is 0.272 e. The van der Waals surface area contributed by atoms with Crippen molar-refractivity contribution in [3.8, 4) is 12.1 Å². The number of nitriles is 2. The highest BCUT2D eigenvalue weighted by atomic mass is 35.5. The summed E-state index contributed by atoms with van der Waals surface area (Å²) in [6.45, 7) is 1.55. The monoisotopic (exact) mass is 586 g/mol. The van der Waals surface area contributed by atoms with Crippen LogP contribution in [0.15, 0.2) is 70.1 Å². The van der Waals surface area contributed by atoms with Crippen molar-refractivity contribution in [3.05, 3.63) is 90.9 Å². The Bertz CT molecular complexity index is 1740. The molecule has 1 heterocycles. The Hall–Kier alpha value is -4.13. The van der Waals surface area contributed by atoms with Gasteiger partial charge in [-0.1, -0.05) is 40.9 Å². The molecule has 4 rings (SSSR count). The third kappa shape index (κ3) is 5.01. The van der Waals surface area contributed by atoms with Crippen LogP contribution in [0.2, 0.25) is 15.1 Å². The summed E-state index contributed by atoms with van der Waals surface area (Å²) < 4.78 is 28.8. The van der Waals surface area contributed by atoms with Gasteiger partial charge in [0.15, 0.2) is 5.57 Å². The molecule has 0 spiro atoms. The molecule has 0 saturated heterocycles. The number of sulfonamides is 1. The van der Waals surface area contributed by atoms with Gasteiger partial charge >= 0.3 is 0 Å². The molecule has 1 aliphatic heterocycles. The third-order valence-electron chi connectivity index (χ3n) is 5.34. The van der Waals surface area contributed by atoms with Gasteiger partial charge in [0.25, 0.3) is 15.7 Å². The maximum Gasteiger partial charge on any atom is 0.272 e. The van der Waals surface area contributed by atoms with Crippen LogP contribution in [0.25, 0.3) is 5.70 Å². The lowest BCUT2D eigenvalue weighted by Crippen LogP contribution is -2.31. The van der Waals surface area contributed by atoms with E-state index in [-0.39, 0.29) is 54.8 Å². The molecule has 0 aliphatic carbocycles. The molecular weight excluding hydrogens is 575 g/mol. The van der Waals surface area contributed by atoms with Crippen LogP contribution < -0.4 is 9.62 Å². The number of nitro benzene ring substituents is 1. The third-order valence-corrected chi connectivity index (χ3v) is 7.53. The van der Waals surface area contributed by atoms with Crippen molar-refractivity contribution >= 4 is 79.1 Å². The number of fused-ring (bicyclic) bond motifs is 1. The van der Waals surface area contributed by atoms with Crippen LogP contribution in [-0.2, 0) is 10.0 Å². The zero-order valence-corrected chi connectivity index (χ0v) is 22.2. The Morgan fingerprint density at radius 1 is 1.05 bits per heavy atom. The first-order valence-corrected chi connectivity index (χ1v) is 13.0. The van der Waals surface area contributed by atoms with Crippen molar-refractivity contribution in [3.63, 3.8) is 0 Å². The average Bonchev–Trinajstić information content (AvgIpc) is 2.84. The molecule has 0 atom stereocenters. The standard InChI is InChI=1S/C24H13Cl3N6O4S/c1-13-30-22-6-5-18(38(36,37)31-16-4-2-3-15(25)7-16)10-19(22)23(14(11-28)12-29)32(13)24-20(26)8-17(33(34)35)9-21(24)27/h2-10,31H,1H3. The Morgan fingerprint density at radius 2 is 1.71 bits per heavy atom. The first-order valence-electron chi connectivity index (χ1n) is 10.4. The molecule has 3 aromatic rings. The Morgan fingerprint density at radius 3 is 2.29 bits per heavy atom. The molecule has 1 N–H and O–H groups in total. The summed E-state index contributed by atoms with van der Waals surface area (Å²) in [6.07, 6.45) is 0. The van der Waals surface area contributed by atoms with Crippen molar-refractivity contribution in [2.24, 2.45) is 4.99 Å². The lowest BCUT2D eigenvalue weighted by Gasteiger charge is -2.33. The number of aliphatic imine (C=N–C) groups is 1. The number of hydrogen-bond donors (Lipinski definition) is 1. The second-order valence-corrected chi connectivity index (χ2v) is 10.7. The van der Waals surface area contributed by atoms with Crippen LogP contribution >= 0.6 is 34.8 Å². The van der Waals surface area contributed by atoms with Crippen LogP contribution in [0, 0.1) is 32.8 Å². The molecule has 190 valence electrons. The highest BCUT2D eigenvalue weighted by molar-refractivity contribution is 7.92. The van der Waals surface area contributed by atoms with Gasteiger partial charge in [-0.25, -0.2) is 13.4 Å². The Balaban J connectivity index is 1.93. The van der Waals surface area contributed by atoms with Crippen LogP contribution in [0.4, 0.5) is 22.7 Å². The predicted molar refractivity (Wildman–Crippen MR) is 145 cm³/mol. The largest absolute Gasteiger partial charge is 0.293 e. The minimum atomic E-state index is -4.14. The molecule has 0 radical (unpaired) electrons. The number of benzene rings is 3. The van der Waals surface area contributed by atoms with E-state index >= 15 is 0 Å². The number of nitrogens with one attached hydrogen (secondary N) is 1. The first kappa shape index (κ1) is 26.9. The van der Waals surface area contributed by atoms with E-state index < -0.39 is 20.5 Å². The molecule has 14 heteroatoms. The normalized spacial score (nSPS) is 12.6. The highest BCUT2D eigenvalue weighted by Gasteiger charge is 2.32. The van der Waals surface area contributed by atoms with Gasteiger partial charge in [-0.15, -0.1) is 0 Å². The number of nitrogens with zero attached hydrogens (tertiary/aromatic N) is 5. The van der Waals surface area contributed by atoms with E-state index in [9.17, 15) is 29.1 Å². The zero-order valence-electron chi connectivity index (χ0n) is 19.1. The van der Waals surface area contributed by atoms with Gasteiger partial charge in [0.05, 0.1) is 42.6 Å². The van der Waals surface area contributed by atoms with Gasteiger partial charge in [-0.2, -0.15) is 10.5 Å². The molecule has 0 fully saturated rings. The summed E-state index contributed by atoms with van der Waals surface area (Å²) in [5.41, 5.74) is -0.184. The number of rotatable bonds is 5. The number of non-ortho nitro benzene ring substituents is 1. The van der Waals surface area contributed by atoms with Crippen molar-refractivity contribution in [2.45, 2.75) is 11.8 Å². The quantitative estimate of drug-likeness (QED) is 0.198. The Kier molecular flexibility index (Phi) is 7.31. The number of halogens is 3. The van der Waals surface area contributed by atoms with Crippen molar-refractivity contribution in [2.75, 3.05) is 9.62 Å². The van der Waals surface area contributed by atoms with Gasteiger partial charge in [-0.05, 0) is 43.3 Å². The van der Waals surface area contributed by atoms with E-state index in [1.807, 2.05) is 0 Å². The van der Waals surface area contributed by atoms with E-state index in [0.717, 1.165) is 12.1 Å². The topological polar surface area (TPSA) is 152 Å². The SMILES string of the molecule is CC1=Nc2ccc(S(=O)(=O)Nc3cccc(Cl)c3)cc2C(=C(C#N)C#N)N1c1c(Cl)cc([N+](=O)[O-])cc1Cl. The maximum atomic E-state index is 13.2. The van der Waals surface area contributed by atoms with Crippen LogP contribution in [0.5, 0.6) is 0 Å². The van der Waals surface area contributed by atoms with Crippen molar-refractivity contribution in [1.29, 1.82) is 10.5 Å². The number of allylic oxidation sites excluding steroid dienone is 1. The molecule has 0 unspecified atom stereocenters. The summed E-state index contributed by atoms with van der Waals surface area (Å²) in [5.74, 6) is 0.223. The van der Waals surface area contributed by atoms with E-state index in [1.165, 1.54) is 35.2 Å². The highest BCUT2D eigenvalue weighted by Crippen LogP contribution is 2.46. The fraction of sp³-hybridized carbons (Fsp3) is 0.0417. The van der Waals surface area contributed by atoms with Gasteiger partial charge in [-0.3, -0.25) is 19.7 Å². The van der Waals surface area contributed by atoms with Gasteiger partial charge < -0.3 is 0 Å². The minimum Gasteiger partial charge on any atom is -0.293 e. The van der Waals surface area contributed by atoms with E-state index in [0.29, 0.717) is 5.02 Å². The minimum absolute atomic E-state index is 0.0224. The van der Waals surface area contributed by atoms with Gasteiger partial charge in [0.2, 0.25) is 0 Å². The number of nitro groups is 1. The van der Waals surface area contributed by atoms with Gasteiger partial charge in [0.1, 0.15) is 18.0 Å². The molecule has 38 heavy (non-hydrogen) atoms. The molecule has 1 aliphatic rings. The fourth-order valence-electron chi connectivity index (χ4n) is 3.76. The summed E-state index contributed by atoms with van der Waals surface area (Å²) in [7, 11) is -4.14. The molecule has 0 saturated carbocycles. The molecular formula is C24H13Cl3N6O4S. The van der Waals surface area contributed by atoms with Crippen molar-refractivity contribution in [1.82, 2.24) is 0 Å². The molecule has 3 aromatic carbocycles. The zero-order chi connectivity index (χ0) is 27.8. The summed E-state index contributed by atoms with van der Waals surface area (Å²) in [5, 5.41) is 30.8. The van der Waals surface area contributed by atoms with Crippen molar-refractivity contribution < 1.29 is 13.3 Å². The predicted octanol–water partition coefficient (Wildman–Crippen LogP) is 6.68. The lowest BCUT2D eigenvalue weighted by molar-refractivity contribution is -0.384. The average molecular weight is 588 g/mol.